The molecule has 0 spiro atoms. The monoisotopic (exact) mass is 290 g/mol. The Morgan fingerprint density at radius 2 is 2.19 bits per heavy atom. The molecule has 1 N–H and O–H groups in total. The van der Waals surface area contributed by atoms with Gasteiger partial charge in [-0.2, -0.15) is 0 Å². The highest BCUT2D eigenvalue weighted by atomic mass is 19.1. The lowest BCUT2D eigenvalue weighted by Gasteiger charge is -2.36. The zero-order valence-corrected chi connectivity index (χ0v) is 12.8. The van der Waals surface area contributed by atoms with E-state index in [0.717, 1.165) is 25.2 Å². The van der Waals surface area contributed by atoms with E-state index in [-0.39, 0.29) is 12.4 Å². The second-order valence-corrected chi connectivity index (χ2v) is 5.80. The van der Waals surface area contributed by atoms with Gasteiger partial charge in [0.1, 0.15) is 12.4 Å². The molecule has 21 heavy (non-hydrogen) atoms. The number of benzene rings is 1. The first-order valence-corrected chi connectivity index (χ1v) is 7.36. The van der Waals surface area contributed by atoms with E-state index in [4.69, 9.17) is 5.11 Å². The van der Waals surface area contributed by atoms with Gasteiger partial charge < -0.3 is 10.0 Å². The lowest BCUT2D eigenvalue weighted by atomic mass is 10.0. The predicted octanol–water partition coefficient (Wildman–Crippen LogP) is 1.70. The first kappa shape index (κ1) is 16.0. The number of nitrogens with zero attached hydrogens (tertiary/aromatic N) is 2. The minimum atomic E-state index is -0.268. The van der Waals surface area contributed by atoms with Gasteiger partial charge in [0.2, 0.25) is 0 Å². The summed E-state index contributed by atoms with van der Waals surface area (Å²) >= 11 is 0. The van der Waals surface area contributed by atoms with Gasteiger partial charge in [-0.05, 0) is 57.2 Å². The van der Waals surface area contributed by atoms with Gasteiger partial charge in [-0.3, -0.25) is 4.90 Å². The summed E-state index contributed by atoms with van der Waals surface area (Å²) in [5.41, 5.74) is 1.57. The van der Waals surface area contributed by atoms with Crippen molar-refractivity contribution in [2.45, 2.75) is 25.4 Å². The van der Waals surface area contributed by atoms with E-state index >= 15 is 0 Å². The van der Waals surface area contributed by atoms with Crippen LogP contribution in [-0.2, 0) is 6.54 Å². The number of likely N-dealkylation sites (tertiary alicyclic amines) is 1. The molecule has 3 nitrogen and oxygen atoms in total. The SMILES string of the molecule is CN(C)C1CCCN(Cc2cc(F)cc(C#CCO)c2)C1. The van der Waals surface area contributed by atoms with Crippen LogP contribution < -0.4 is 0 Å². The topological polar surface area (TPSA) is 26.7 Å². The lowest BCUT2D eigenvalue weighted by Crippen LogP contribution is -2.44. The minimum Gasteiger partial charge on any atom is -0.384 e. The Balaban J connectivity index is 2.06. The quantitative estimate of drug-likeness (QED) is 0.858. The summed E-state index contributed by atoms with van der Waals surface area (Å²) in [7, 11) is 4.22. The van der Waals surface area contributed by atoms with Crippen molar-refractivity contribution in [3.05, 3.63) is 35.1 Å². The number of hydrogen-bond donors (Lipinski definition) is 1. The molecule has 0 bridgehead atoms. The molecule has 1 aliphatic heterocycles. The molecule has 1 fully saturated rings. The van der Waals surface area contributed by atoms with Crippen molar-refractivity contribution in [1.82, 2.24) is 9.80 Å². The van der Waals surface area contributed by atoms with Gasteiger partial charge in [-0.1, -0.05) is 11.8 Å². The first-order valence-electron chi connectivity index (χ1n) is 7.36. The molecule has 1 unspecified atom stereocenters. The molecule has 1 heterocycles. The summed E-state index contributed by atoms with van der Waals surface area (Å²) < 4.78 is 13.7. The number of hydrogen-bond acceptors (Lipinski definition) is 3. The highest BCUT2D eigenvalue weighted by Gasteiger charge is 2.21. The summed E-state index contributed by atoms with van der Waals surface area (Å²) in [6.07, 6.45) is 2.40. The molecule has 1 saturated heterocycles. The zero-order valence-electron chi connectivity index (χ0n) is 12.8. The molecule has 4 heteroatoms. The van der Waals surface area contributed by atoms with Gasteiger partial charge in [0.05, 0.1) is 0 Å². The van der Waals surface area contributed by atoms with E-state index in [0.29, 0.717) is 11.6 Å². The number of likely N-dealkylation sites (N-methyl/N-ethyl adjacent to an activating group) is 1. The average molecular weight is 290 g/mol. The van der Waals surface area contributed by atoms with Crippen LogP contribution in [0.4, 0.5) is 4.39 Å². The van der Waals surface area contributed by atoms with Crippen LogP contribution in [0, 0.1) is 17.7 Å². The van der Waals surface area contributed by atoms with Crippen LogP contribution in [0.2, 0.25) is 0 Å². The number of piperidine rings is 1. The zero-order chi connectivity index (χ0) is 15.2. The molecular formula is C17H23FN2O. The highest BCUT2D eigenvalue weighted by molar-refractivity contribution is 5.37. The number of aliphatic hydroxyl groups is 1. The Hall–Kier alpha value is -1.41. The van der Waals surface area contributed by atoms with Crippen molar-refractivity contribution in [2.75, 3.05) is 33.8 Å². The molecule has 0 saturated carbocycles. The molecule has 2 rings (SSSR count). The Bertz CT molecular complexity index is 533. The minimum absolute atomic E-state index is 0.206. The Morgan fingerprint density at radius 1 is 1.38 bits per heavy atom. The molecule has 114 valence electrons. The van der Waals surface area contributed by atoms with Crippen molar-refractivity contribution in [3.63, 3.8) is 0 Å². The maximum absolute atomic E-state index is 13.7. The van der Waals surface area contributed by atoms with Gasteiger partial charge in [-0.25, -0.2) is 4.39 Å². The fourth-order valence-electron chi connectivity index (χ4n) is 2.81. The van der Waals surface area contributed by atoms with Crippen LogP contribution in [0.5, 0.6) is 0 Å². The molecule has 1 aliphatic rings. The first-order chi connectivity index (χ1) is 10.1. The Kier molecular flexibility index (Phi) is 5.75. The third-order valence-electron chi connectivity index (χ3n) is 3.89. The van der Waals surface area contributed by atoms with E-state index < -0.39 is 0 Å². The van der Waals surface area contributed by atoms with Crippen molar-refractivity contribution >= 4 is 0 Å². The van der Waals surface area contributed by atoms with Gasteiger partial charge >= 0.3 is 0 Å². The molecule has 1 aromatic rings. The summed E-state index contributed by atoms with van der Waals surface area (Å²) in [5, 5.41) is 8.73. The van der Waals surface area contributed by atoms with Crippen LogP contribution in [0.15, 0.2) is 18.2 Å². The normalized spacial score (nSPS) is 19.4. The molecular weight excluding hydrogens is 267 g/mol. The van der Waals surface area contributed by atoms with E-state index in [2.05, 4.69) is 35.7 Å². The van der Waals surface area contributed by atoms with Crippen LogP contribution in [-0.4, -0.2) is 54.7 Å². The maximum Gasteiger partial charge on any atom is 0.124 e. The van der Waals surface area contributed by atoms with Gasteiger partial charge in [-0.15, -0.1) is 0 Å². The Labute approximate surface area is 126 Å². The fraction of sp³-hybridized carbons (Fsp3) is 0.529. The molecule has 0 radical (unpaired) electrons. The third-order valence-corrected chi connectivity index (χ3v) is 3.89. The smallest absolute Gasteiger partial charge is 0.124 e. The van der Waals surface area contributed by atoms with Crippen LogP contribution in [0.1, 0.15) is 24.0 Å². The molecule has 1 atom stereocenters. The molecule has 0 aromatic heterocycles. The second-order valence-electron chi connectivity index (χ2n) is 5.80. The van der Waals surface area contributed by atoms with E-state index in [1.807, 2.05) is 6.07 Å². The third kappa shape index (κ3) is 4.82. The molecule has 1 aromatic carbocycles. The number of rotatable bonds is 3. The lowest BCUT2D eigenvalue weighted by molar-refractivity contribution is 0.128. The summed E-state index contributed by atoms with van der Waals surface area (Å²) in [6, 6.07) is 5.46. The van der Waals surface area contributed by atoms with E-state index in [1.54, 1.807) is 6.07 Å². The molecule has 0 aliphatic carbocycles. The predicted molar refractivity (Wildman–Crippen MR) is 82.3 cm³/mol. The van der Waals surface area contributed by atoms with Crippen molar-refractivity contribution in [1.29, 1.82) is 0 Å². The van der Waals surface area contributed by atoms with E-state index in [9.17, 15) is 4.39 Å². The van der Waals surface area contributed by atoms with Gasteiger partial charge in [0.15, 0.2) is 0 Å². The average Bonchev–Trinajstić information content (AvgIpc) is 2.45. The summed E-state index contributed by atoms with van der Waals surface area (Å²) in [5.74, 6) is 5.07. The van der Waals surface area contributed by atoms with Crippen LogP contribution >= 0.6 is 0 Å². The van der Waals surface area contributed by atoms with E-state index in [1.165, 1.54) is 18.9 Å². The van der Waals surface area contributed by atoms with Crippen LogP contribution in [0.25, 0.3) is 0 Å². The maximum atomic E-state index is 13.7. The highest BCUT2D eigenvalue weighted by Crippen LogP contribution is 2.17. The number of aliphatic hydroxyl groups excluding tert-OH is 1. The summed E-state index contributed by atoms with van der Waals surface area (Å²) in [4.78, 5) is 4.63. The van der Waals surface area contributed by atoms with Crippen LogP contribution in [0.3, 0.4) is 0 Å². The van der Waals surface area contributed by atoms with Crippen molar-refractivity contribution in [2.24, 2.45) is 0 Å². The Morgan fingerprint density at radius 3 is 2.90 bits per heavy atom. The van der Waals surface area contributed by atoms with Crippen molar-refractivity contribution in [3.8, 4) is 11.8 Å². The fourth-order valence-corrected chi connectivity index (χ4v) is 2.81. The van der Waals surface area contributed by atoms with Crippen molar-refractivity contribution < 1.29 is 9.50 Å². The molecule has 0 amide bonds. The van der Waals surface area contributed by atoms with Gasteiger partial charge in [0, 0.05) is 24.7 Å². The second kappa shape index (κ2) is 7.56. The van der Waals surface area contributed by atoms with Gasteiger partial charge in [0.25, 0.3) is 0 Å². The standard InChI is InChI=1S/C17H23FN2O/c1-19(2)17-6-3-7-20(13-17)12-15-9-14(5-4-8-21)10-16(18)11-15/h9-11,17,21H,3,6-8,12-13H2,1-2H3. The summed E-state index contributed by atoms with van der Waals surface area (Å²) in [6.45, 7) is 2.61. The largest absolute Gasteiger partial charge is 0.384 e. The number of halogens is 1.